The molecule has 0 radical (unpaired) electrons. The molecule has 0 saturated carbocycles. The number of benzene rings is 2. The normalized spacial score (nSPS) is 18.3. The smallest absolute Gasteiger partial charge is 0.251 e. The zero-order chi connectivity index (χ0) is 24.0. The molecule has 1 aliphatic rings. The lowest BCUT2D eigenvalue weighted by Gasteiger charge is -2.38. The Bertz CT molecular complexity index is 1310. The van der Waals surface area contributed by atoms with Gasteiger partial charge in [0, 0.05) is 23.9 Å². The molecule has 1 aliphatic heterocycles. The molecule has 33 heavy (non-hydrogen) atoms. The zero-order valence-electron chi connectivity index (χ0n) is 18.6. The monoisotopic (exact) mass is 475 g/mol. The number of alkyl halides is 1. The van der Waals surface area contributed by atoms with Crippen LogP contribution in [0.2, 0.25) is 0 Å². The number of sulfone groups is 1. The van der Waals surface area contributed by atoms with Gasteiger partial charge in [0.05, 0.1) is 40.0 Å². The summed E-state index contributed by atoms with van der Waals surface area (Å²) >= 11 is 0. The summed E-state index contributed by atoms with van der Waals surface area (Å²) in [6.07, 6.45) is -1.91. The predicted octanol–water partition coefficient (Wildman–Crippen LogP) is 3.08. The Kier molecular flexibility index (Phi) is 5.92. The van der Waals surface area contributed by atoms with Gasteiger partial charge < -0.3 is 15.2 Å². The van der Waals surface area contributed by atoms with E-state index in [4.69, 9.17) is 4.74 Å². The highest BCUT2D eigenvalue weighted by atomic mass is 32.2. The van der Waals surface area contributed by atoms with Crippen molar-refractivity contribution in [2.75, 3.05) is 11.5 Å². The van der Waals surface area contributed by atoms with E-state index in [2.05, 4.69) is 10.4 Å². The van der Waals surface area contributed by atoms with Crippen LogP contribution in [0.15, 0.2) is 42.5 Å². The molecule has 1 amide bonds. The first-order chi connectivity index (χ1) is 15.5. The second kappa shape index (κ2) is 8.42. The largest absolute Gasteiger partial charge is 0.461 e. The molecule has 0 bridgehead atoms. The van der Waals surface area contributed by atoms with Gasteiger partial charge in [0.1, 0.15) is 5.75 Å². The maximum Gasteiger partial charge on any atom is 0.251 e. The molecule has 1 fully saturated rings. The van der Waals surface area contributed by atoms with Crippen LogP contribution < -0.4 is 10.1 Å². The van der Waals surface area contributed by atoms with Gasteiger partial charge in [-0.05, 0) is 43.7 Å². The maximum atomic E-state index is 13.3. The van der Waals surface area contributed by atoms with E-state index >= 15 is 0 Å². The fourth-order valence-electron chi connectivity index (χ4n) is 4.14. The first-order valence-electron chi connectivity index (χ1n) is 10.6. The van der Waals surface area contributed by atoms with Gasteiger partial charge in [0.25, 0.3) is 5.91 Å². The predicted molar refractivity (Wildman–Crippen MR) is 122 cm³/mol. The van der Waals surface area contributed by atoms with Gasteiger partial charge in [-0.3, -0.25) is 4.79 Å². The number of hydrogen-bond acceptors (Lipinski definition) is 6. The summed E-state index contributed by atoms with van der Waals surface area (Å²) in [5, 5.41) is 18.5. The topological polar surface area (TPSA) is 111 Å². The van der Waals surface area contributed by atoms with Gasteiger partial charge >= 0.3 is 0 Å². The van der Waals surface area contributed by atoms with Crippen molar-refractivity contribution < 1.29 is 27.4 Å². The molecule has 2 N–H and O–H groups in total. The maximum absolute atomic E-state index is 13.3. The number of carbonyl (C=O) groups is 1. The van der Waals surface area contributed by atoms with Crippen LogP contribution in [-0.4, -0.2) is 52.6 Å². The highest BCUT2D eigenvalue weighted by Crippen LogP contribution is 2.30. The van der Waals surface area contributed by atoms with Crippen LogP contribution >= 0.6 is 0 Å². The van der Waals surface area contributed by atoms with Crippen LogP contribution in [0, 0.1) is 0 Å². The Morgan fingerprint density at radius 1 is 1.30 bits per heavy atom. The Hall–Kier alpha value is -2.98. The molecular weight excluding hydrogens is 449 g/mol. The number of nitrogens with one attached hydrogen (secondary N) is 1. The molecule has 2 aromatic carbocycles. The first kappa shape index (κ1) is 23.2. The fourth-order valence-corrected chi connectivity index (χ4v) is 6.14. The van der Waals surface area contributed by atoms with E-state index in [1.807, 2.05) is 6.92 Å². The van der Waals surface area contributed by atoms with Crippen LogP contribution in [0.3, 0.4) is 0 Å². The molecule has 2 heterocycles. The molecule has 8 nitrogen and oxygen atoms in total. The molecule has 1 aromatic heterocycles. The van der Waals surface area contributed by atoms with Gasteiger partial charge in [0.2, 0.25) is 6.36 Å². The third-order valence-electron chi connectivity index (χ3n) is 5.53. The highest BCUT2D eigenvalue weighted by Gasteiger charge is 2.45. The molecule has 2 unspecified atom stereocenters. The van der Waals surface area contributed by atoms with E-state index in [-0.39, 0.29) is 11.5 Å². The lowest BCUT2D eigenvalue weighted by atomic mass is 10.0. The Morgan fingerprint density at radius 3 is 2.67 bits per heavy atom. The molecule has 4 rings (SSSR count). The van der Waals surface area contributed by atoms with Crippen molar-refractivity contribution in [3.63, 3.8) is 0 Å². The molecule has 1 saturated heterocycles. The molecule has 3 aromatic rings. The molecule has 2 atom stereocenters. The van der Waals surface area contributed by atoms with Crippen molar-refractivity contribution in [2.24, 2.45) is 0 Å². The van der Waals surface area contributed by atoms with Crippen LogP contribution in [0.1, 0.15) is 49.3 Å². The number of carbonyl (C=O) groups excluding carboxylic acids is 1. The quantitative estimate of drug-likeness (QED) is 0.543. The number of hydrogen-bond donors (Lipinski definition) is 2. The standard InChI is InChI=1S/C23H26FN3O5S/c1-4-20(28)21-18-10-15(22(29)25-23(3)12-33(30,31)13-23)8-9-19(18)27(26-21)16-6-5-7-17(11-16)32-14(2)24/h5-11,14,20,28H,4,12-13H2,1-3H3,(H,25,29). The van der Waals surface area contributed by atoms with Crippen molar-refractivity contribution >= 4 is 26.6 Å². The number of ether oxygens (including phenoxy) is 1. The summed E-state index contributed by atoms with van der Waals surface area (Å²) in [6.45, 7) is 4.81. The second-order valence-corrected chi connectivity index (χ2v) is 10.7. The van der Waals surface area contributed by atoms with E-state index in [1.165, 1.54) is 6.92 Å². The van der Waals surface area contributed by atoms with Gasteiger partial charge in [-0.2, -0.15) is 5.10 Å². The molecule has 0 spiro atoms. The van der Waals surface area contributed by atoms with Crippen LogP contribution in [0.25, 0.3) is 16.6 Å². The van der Waals surface area contributed by atoms with Gasteiger partial charge in [-0.15, -0.1) is 0 Å². The number of aromatic nitrogens is 2. The average Bonchev–Trinajstić information content (AvgIpc) is 3.10. The van der Waals surface area contributed by atoms with E-state index in [0.29, 0.717) is 40.0 Å². The van der Waals surface area contributed by atoms with Crippen molar-refractivity contribution in [1.29, 1.82) is 0 Å². The first-order valence-corrected chi connectivity index (χ1v) is 12.5. The molecule has 176 valence electrons. The summed E-state index contributed by atoms with van der Waals surface area (Å²) in [5.74, 6) is -0.252. The number of rotatable bonds is 7. The minimum absolute atomic E-state index is 0.0956. The van der Waals surface area contributed by atoms with Crippen LogP contribution in [0.5, 0.6) is 5.75 Å². The average molecular weight is 476 g/mol. The minimum atomic E-state index is -3.11. The summed E-state index contributed by atoms with van der Waals surface area (Å²) < 4.78 is 43.1. The van der Waals surface area contributed by atoms with Crippen LogP contribution in [0.4, 0.5) is 4.39 Å². The number of amides is 1. The lowest BCUT2D eigenvalue weighted by Crippen LogP contribution is -2.63. The Labute approximate surface area is 191 Å². The third-order valence-corrected chi connectivity index (χ3v) is 7.68. The fraction of sp³-hybridized carbons (Fsp3) is 0.391. The Morgan fingerprint density at radius 2 is 2.03 bits per heavy atom. The molecular formula is C23H26FN3O5S. The summed E-state index contributed by atoms with van der Waals surface area (Å²) in [5.41, 5.74) is 1.20. The van der Waals surface area contributed by atoms with Crippen molar-refractivity contribution in [2.45, 2.75) is 45.2 Å². The number of aliphatic hydroxyl groups is 1. The highest BCUT2D eigenvalue weighted by molar-refractivity contribution is 7.93. The van der Waals surface area contributed by atoms with Gasteiger partial charge in [-0.25, -0.2) is 17.5 Å². The lowest BCUT2D eigenvalue weighted by molar-refractivity contribution is 0.0859. The number of halogens is 1. The SMILES string of the molecule is CCC(O)c1nn(-c2cccc(OC(C)F)c2)c2ccc(C(=O)NC3(C)CS(=O)(=O)C3)cc12. The number of aliphatic hydroxyl groups excluding tert-OH is 1. The minimum Gasteiger partial charge on any atom is -0.461 e. The van der Waals surface area contributed by atoms with Gasteiger partial charge in [0.15, 0.2) is 9.84 Å². The number of fused-ring (bicyclic) bond motifs is 1. The van der Waals surface area contributed by atoms with E-state index in [0.717, 1.165) is 0 Å². The second-order valence-electron chi connectivity index (χ2n) is 8.66. The summed E-state index contributed by atoms with van der Waals surface area (Å²) in [7, 11) is -3.11. The van der Waals surface area contributed by atoms with Crippen molar-refractivity contribution in [1.82, 2.24) is 15.1 Å². The Balaban J connectivity index is 1.73. The number of nitrogens with zero attached hydrogens (tertiary/aromatic N) is 2. The van der Waals surface area contributed by atoms with Crippen molar-refractivity contribution in [3.05, 3.63) is 53.7 Å². The van der Waals surface area contributed by atoms with Gasteiger partial charge in [-0.1, -0.05) is 13.0 Å². The van der Waals surface area contributed by atoms with E-state index in [9.17, 15) is 22.7 Å². The summed E-state index contributed by atoms with van der Waals surface area (Å²) in [4.78, 5) is 12.8. The summed E-state index contributed by atoms with van der Waals surface area (Å²) in [6, 6.07) is 11.8. The van der Waals surface area contributed by atoms with Crippen molar-refractivity contribution in [3.8, 4) is 11.4 Å². The van der Waals surface area contributed by atoms with E-state index in [1.54, 1.807) is 54.1 Å². The van der Waals surface area contributed by atoms with E-state index < -0.39 is 33.7 Å². The van der Waals surface area contributed by atoms with Crippen LogP contribution in [-0.2, 0) is 9.84 Å². The molecule has 0 aliphatic carbocycles. The molecule has 10 heteroatoms. The zero-order valence-corrected chi connectivity index (χ0v) is 19.4. The third kappa shape index (κ3) is 4.72.